The van der Waals surface area contributed by atoms with Gasteiger partial charge in [-0.2, -0.15) is 13.2 Å². The third-order valence-electron chi connectivity index (χ3n) is 4.32. The highest BCUT2D eigenvalue weighted by molar-refractivity contribution is 6.00. The molecule has 2 aromatic heterocycles. The summed E-state index contributed by atoms with van der Waals surface area (Å²) < 4.78 is 63.7. The maximum atomic E-state index is 14.1. The highest BCUT2D eigenvalue weighted by Gasteiger charge is 2.36. The molecule has 1 N–H and O–H groups in total. The molecule has 3 heterocycles. The number of fused-ring (bicyclic) bond motifs is 3. The van der Waals surface area contributed by atoms with Crippen LogP contribution in [0.5, 0.6) is 0 Å². The molecule has 0 atom stereocenters. The lowest BCUT2D eigenvalue weighted by atomic mass is 9.96. The molecule has 0 bridgehead atoms. The monoisotopic (exact) mass is 356 g/mol. The SMILES string of the molecule is O=c1cc(C2CCOCC2)oc2c1cc(F)c1[nH]c(C(F)(F)F)nc12. The van der Waals surface area contributed by atoms with Crippen LogP contribution in [0.15, 0.2) is 21.3 Å². The van der Waals surface area contributed by atoms with Crippen LogP contribution in [0.2, 0.25) is 0 Å². The molecule has 4 rings (SSSR count). The summed E-state index contributed by atoms with van der Waals surface area (Å²) in [6.45, 7) is 1.01. The van der Waals surface area contributed by atoms with Gasteiger partial charge >= 0.3 is 6.18 Å². The predicted molar refractivity (Wildman–Crippen MR) is 79.9 cm³/mol. The standard InChI is InChI=1S/C16H12F4N2O3/c17-9-5-8-10(23)6-11(7-1-3-24-4-2-7)25-14(8)13-12(9)21-15(22-13)16(18,19)20/h5-7H,1-4H2,(H,21,22). The number of nitrogens with one attached hydrogen (secondary N) is 1. The third kappa shape index (κ3) is 2.68. The van der Waals surface area contributed by atoms with Crippen LogP contribution < -0.4 is 5.43 Å². The van der Waals surface area contributed by atoms with Gasteiger partial charge in [-0.3, -0.25) is 4.79 Å². The van der Waals surface area contributed by atoms with Crippen LogP contribution in [0.4, 0.5) is 17.6 Å². The molecule has 0 aliphatic carbocycles. The van der Waals surface area contributed by atoms with Gasteiger partial charge in [0.15, 0.2) is 11.0 Å². The van der Waals surface area contributed by atoms with E-state index < -0.39 is 28.8 Å². The first kappa shape index (κ1) is 16.1. The van der Waals surface area contributed by atoms with E-state index in [4.69, 9.17) is 9.15 Å². The minimum Gasteiger partial charge on any atom is -0.458 e. The van der Waals surface area contributed by atoms with Gasteiger partial charge in [0, 0.05) is 25.2 Å². The Bertz CT molecular complexity index is 1020. The summed E-state index contributed by atoms with van der Waals surface area (Å²) in [5, 5.41) is -0.138. The predicted octanol–water partition coefficient (Wildman–Crippen LogP) is 3.72. The second-order valence-electron chi connectivity index (χ2n) is 5.94. The van der Waals surface area contributed by atoms with Crippen molar-refractivity contribution in [3.8, 4) is 0 Å². The molecule has 1 saturated heterocycles. The zero-order valence-electron chi connectivity index (χ0n) is 12.7. The average molecular weight is 356 g/mol. The molecular weight excluding hydrogens is 344 g/mol. The minimum absolute atomic E-state index is 0.0769. The molecule has 0 radical (unpaired) electrons. The molecule has 0 unspecified atom stereocenters. The Kier molecular flexibility index (Phi) is 3.57. The molecule has 0 amide bonds. The van der Waals surface area contributed by atoms with Gasteiger partial charge in [0.25, 0.3) is 0 Å². The van der Waals surface area contributed by atoms with E-state index in [0.717, 1.165) is 6.07 Å². The number of aromatic nitrogens is 2. The van der Waals surface area contributed by atoms with Gasteiger partial charge in [-0.15, -0.1) is 0 Å². The lowest BCUT2D eigenvalue weighted by Gasteiger charge is -2.21. The van der Waals surface area contributed by atoms with E-state index in [1.54, 1.807) is 0 Å². The van der Waals surface area contributed by atoms with Crippen LogP contribution in [0.25, 0.3) is 22.0 Å². The van der Waals surface area contributed by atoms with Gasteiger partial charge in [-0.25, -0.2) is 9.37 Å². The molecule has 132 valence electrons. The molecule has 1 fully saturated rings. The summed E-state index contributed by atoms with van der Waals surface area (Å²) in [5.41, 5.74) is -1.43. The number of alkyl halides is 3. The number of benzene rings is 1. The van der Waals surface area contributed by atoms with Gasteiger partial charge in [-0.1, -0.05) is 0 Å². The van der Waals surface area contributed by atoms with Crippen molar-refractivity contribution in [3.05, 3.63) is 39.8 Å². The number of imidazole rings is 1. The maximum absolute atomic E-state index is 14.1. The molecular formula is C16H12F4N2O3. The highest BCUT2D eigenvalue weighted by atomic mass is 19.4. The molecule has 5 nitrogen and oxygen atoms in total. The fraction of sp³-hybridized carbons (Fsp3) is 0.375. The van der Waals surface area contributed by atoms with Crippen molar-refractivity contribution in [2.75, 3.05) is 13.2 Å². The van der Waals surface area contributed by atoms with Gasteiger partial charge in [-0.05, 0) is 18.9 Å². The number of nitrogens with zero attached hydrogens (tertiary/aromatic N) is 1. The Hall–Kier alpha value is -2.42. The molecule has 9 heteroatoms. The van der Waals surface area contributed by atoms with E-state index >= 15 is 0 Å². The number of rotatable bonds is 1. The quantitative estimate of drug-likeness (QED) is 0.675. The zero-order chi connectivity index (χ0) is 17.8. The van der Waals surface area contributed by atoms with Crippen molar-refractivity contribution in [2.45, 2.75) is 24.9 Å². The number of halogens is 4. The van der Waals surface area contributed by atoms with Crippen LogP contribution in [0.1, 0.15) is 30.3 Å². The van der Waals surface area contributed by atoms with E-state index in [-0.39, 0.29) is 22.4 Å². The van der Waals surface area contributed by atoms with Gasteiger partial charge in [0.05, 0.1) is 5.39 Å². The average Bonchev–Trinajstić information content (AvgIpc) is 3.03. The van der Waals surface area contributed by atoms with Crippen molar-refractivity contribution in [2.24, 2.45) is 0 Å². The van der Waals surface area contributed by atoms with Crippen molar-refractivity contribution in [1.82, 2.24) is 9.97 Å². The fourth-order valence-corrected chi connectivity index (χ4v) is 3.06. The van der Waals surface area contributed by atoms with Crippen molar-refractivity contribution in [1.29, 1.82) is 0 Å². The van der Waals surface area contributed by atoms with Crippen molar-refractivity contribution >= 4 is 22.0 Å². The van der Waals surface area contributed by atoms with Gasteiger partial charge in [0.2, 0.25) is 5.82 Å². The van der Waals surface area contributed by atoms with Crippen LogP contribution >= 0.6 is 0 Å². The van der Waals surface area contributed by atoms with Gasteiger partial charge < -0.3 is 14.1 Å². The van der Waals surface area contributed by atoms with Crippen LogP contribution in [-0.2, 0) is 10.9 Å². The van der Waals surface area contributed by atoms with E-state index in [2.05, 4.69) is 4.98 Å². The number of ether oxygens (including phenoxy) is 1. The van der Waals surface area contributed by atoms with Crippen LogP contribution in [0.3, 0.4) is 0 Å². The zero-order valence-corrected chi connectivity index (χ0v) is 12.7. The summed E-state index contributed by atoms with van der Waals surface area (Å²) in [4.78, 5) is 17.7. The van der Waals surface area contributed by atoms with Crippen molar-refractivity contribution in [3.63, 3.8) is 0 Å². The molecule has 1 aromatic carbocycles. The van der Waals surface area contributed by atoms with E-state index in [1.807, 2.05) is 4.98 Å². The Morgan fingerprint density at radius 3 is 2.60 bits per heavy atom. The van der Waals surface area contributed by atoms with Crippen LogP contribution in [0, 0.1) is 5.82 Å². The first-order chi connectivity index (χ1) is 11.8. The molecule has 0 saturated carbocycles. The number of H-pyrrole nitrogens is 1. The Labute approximate surface area is 137 Å². The Morgan fingerprint density at radius 2 is 1.92 bits per heavy atom. The smallest absolute Gasteiger partial charge is 0.449 e. The Balaban J connectivity index is 1.99. The Morgan fingerprint density at radius 1 is 1.20 bits per heavy atom. The summed E-state index contributed by atoms with van der Waals surface area (Å²) in [7, 11) is 0. The van der Waals surface area contributed by atoms with Gasteiger partial charge in [0.1, 0.15) is 22.6 Å². The lowest BCUT2D eigenvalue weighted by molar-refractivity contribution is -0.144. The molecule has 1 aliphatic heterocycles. The number of hydrogen-bond acceptors (Lipinski definition) is 4. The van der Waals surface area contributed by atoms with Crippen molar-refractivity contribution < 1.29 is 26.7 Å². The normalized spacial score (nSPS) is 16.8. The number of aromatic amines is 1. The first-order valence-electron chi connectivity index (χ1n) is 7.65. The number of hydrogen-bond donors (Lipinski definition) is 1. The second kappa shape index (κ2) is 5.55. The largest absolute Gasteiger partial charge is 0.458 e. The minimum atomic E-state index is -4.77. The lowest BCUT2D eigenvalue weighted by Crippen LogP contribution is -2.16. The van der Waals surface area contributed by atoms with E-state index in [1.165, 1.54) is 6.07 Å². The summed E-state index contributed by atoms with van der Waals surface area (Å²) in [5.74, 6) is -2.05. The summed E-state index contributed by atoms with van der Waals surface area (Å²) in [6.07, 6.45) is -3.50. The summed E-state index contributed by atoms with van der Waals surface area (Å²) >= 11 is 0. The fourth-order valence-electron chi connectivity index (χ4n) is 3.06. The second-order valence-corrected chi connectivity index (χ2v) is 5.94. The molecule has 25 heavy (non-hydrogen) atoms. The topological polar surface area (TPSA) is 68.1 Å². The summed E-state index contributed by atoms with van der Waals surface area (Å²) in [6, 6.07) is 2.14. The highest BCUT2D eigenvalue weighted by Crippen LogP contribution is 2.34. The molecule has 3 aromatic rings. The van der Waals surface area contributed by atoms with E-state index in [9.17, 15) is 22.4 Å². The molecule has 1 aliphatic rings. The van der Waals surface area contributed by atoms with Crippen LogP contribution in [-0.4, -0.2) is 23.2 Å². The molecule has 0 spiro atoms. The third-order valence-corrected chi connectivity index (χ3v) is 4.32. The first-order valence-corrected chi connectivity index (χ1v) is 7.65. The van der Waals surface area contributed by atoms with E-state index in [0.29, 0.717) is 31.8 Å². The maximum Gasteiger partial charge on any atom is 0.449 e.